The minimum Gasteiger partial charge on any atom is -0.467 e. The topological polar surface area (TPSA) is 29.5 Å². The fraction of sp³-hybridized carbons (Fsp3) is 0.650. The molecule has 1 aliphatic rings. The third-order valence-electron chi connectivity index (χ3n) is 5.11. The monoisotopic (exact) mass is 317 g/mol. The van der Waals surface area contributed by atoms with Crippen LogP contribution in [0.25, 0.3) is 0 Å². The summed E-state index contributed by atoms with van der Waals surface area (Å²) in [5, 5.41) is 0. The Kier molecular flexibility index (Phi) is 5.38. The Balaban J connectivity index is 2.56. The van der Waals surface area contributed by atoms with Gasteiger partial charge in [0.2, 0.25) is 0 Å². The van der Waals surface area contributed by atoms with Crippen molar-refractivity contribution in [1.29, 1.82) is 0 Å². The molecule has 0 unspecified atom stereocenters. The van der Waals surface area contributed by atoms with Gasteiger partial charge in [0.15, 0.2) is 0 Å². The lowest BCUT2D eigenvalue weighted by Gasteiger charge is -2.51. The van der Waals surface area contributed by atoms with Crippen LogP contribution in [0.1, 0.15) is 70.4 Å². The quantitative estimate of drug-likeness (QED) is 0.729. The number of fused-ring (bicyclic) bond motifs is 1. The van der Waals surface area contributed by atoms with Gasteiger partial charge in [0.05, 0.1) is 7.11 Å². The largest absolute Gasteiger partial charge is 0.467 e. The number of benzene rings is 1. The van der Waals surface area contributed by atoms with E-state index in [9.17, 15) is 4.79 Å². The van der Waals surface area contributed by atoms with Gasteiger partial charge in [0, 0.05) is 11.2 Å². The molecule has 0 aromatic heterocycles. The van der Waals surface area contributed by atoms with Gasteiger partial charge in [-0.2, -0.15) is 0 Å². The van der Waals surface area contributed by atoms with Crippen LogP contribution in [0.5, 0.6) is 0 Å². The fourth-order valence-corrected chi connectivity index (χ4v) is 4.13. The zero-order chi connectivity index (χ0) is 17.2. The highest BCUT2D eigenvalue weighted by atomic mass is 16.5. The Morgan fingerprint density at radius 3 is 2.74 bits per heavy atom. The third-order valence-corrected chi connectivity index (χ3v) is 5.11. The average Bonchev–Trinajstić information content (AvgIpc) is 2.49. The molecule has 2 rings (SSSR count). The summed E-state index contributed by atoms with van der Waals surface area (Å²) in [7, 11) is 1.50. The van der Waals surface area contributed by atoms with E-state index < -0.39 is 0 Å². The molecule has 2 atom stereocenters. The molecule has 0 N–H and O–H groups in total. The summed E-state index contributed by atoms with van der Waals surface area (Å²) in [6.45, 7) is 11.1. The van der Waals surface area contributed by atoms with Gasteiger partial charge in [-0.3, -0.25) is 0 Å². The molecule has 0 spiro atoms. The second-order valence-electron chi connectivity index (χ2n) is 7.48. The number of ether oxygens (including phenoxy) is 1. The molecule has 1 aromatic carbocycles. The Morgan fingerprint density at radius 2 is 2.13 bits per heavy atom. The van der Waals surface area contributed by atoms with Crippen LogP contribution in [0.2, 0.25) is 0 Å². The predicted octanol–water partition coefficient (Wildman–Crippen LogP) is 4.82. The average molecular weight is 317 g/mol. The first kappa shape index (κ1) is 17.8. The molecule has 0 aliphatic carbocycles. The highest BCUT2D eigenvalue weighted by Crippen LogP contribution is 2.46. The van der Waals surface area contributed by atoms with Crippen molar-refractivity contribution in [3.05, 3.63) is 29.3 Å². The van der Waals surface area contributed by atoms with E-state index in [-0.39, 0.29) is 17.6 Å². The number of unbranched alkanes of at least 4 members (excludes halogenated alkanes) is 1. The molecule has 1 heterocycles. The summed E-state index contributed by atoms with van der Waals surface area (Å²) in [6.07, 6.45) is 4.00. The highest BCUT2D eigenvalue weighted by Gasteiger charge is 2.43. The Morgan fingerprint density at radius 1 is 1.43 bits per heavy atom. The van der Waals surface area contributed by atoms with Gasteiger partial charge < -0.3 is 9.64 Å². The van der Waals surface area contributed by atoms with Crippen molar-refractivity contribution >= 4 is 11.7 Å². The number of hydrogen-bond acceptors (Lipinski definition) is 3. The van der Waals surface area contributed by atoms with E-state index in [1.807, 2.05) is 0 Å². The van der Waals surface area contributed by atoms with Crippen LogP contribution in [0.15, 0.2) is 18.2 Å². The van der Waals surface area contributed by atoms with Crippen molar-refractivity contribution in [2.75, 3.05) is 12.0 Å². The van der Waals surface area contributed by atoms with Crippen LogP contribution in [0.3, 0.4) is 0 Å². The Labute approximate surface area is 141 Å². The summed E-state index contributed by atoms with van der Waals surface area (Å²) < 4.78 is 5.16. The molecule has 3 nitrogen and oxygen atoms in total. The second kappa shape index (κ2) is 6.94. The SMILES string of the molecule is CCCC[C@H](C(=O)OC)N1c2c(C)cccc2[C@@H](C)CC1(C)C. The molecule has 0 fully saturated rings. The van der Waals surface area contributed by atoms with Gasteiger partial charge in [-0.25, -0.2) is 4.79 Å². The number of carbonyl (C=O) groups excluding carboxylic acids is 1. The smallest absolute Gasteiger partial charge is 0.328 e. The summed E-state index contributed by atoms with van der Waals surface area (Å²) in [5.41, 5.74) is 3.77. The minimum absolute atomic E-state index is 0.0644. The van der Waals surface area contributed by atoms with Crippen molar-refractivity contribution in [1.82, 2.24) is 0 Å². The number of esters is 1. The standard InChI is InChI=1S/C20H31NO2/c1-7-8-12-17(19(22)23-6)21-18-14(2)10-9-11-16(18)15(3)13-20(21,4)5/h9-11,15,17H,7-8,12-13H2,1-6H3/t15-,17+/m0/s1. The summed E-state index contributed by atoms with van der Waals surface area (Å²) in [5.74, 6) is 0.385. The lowest BCUT2D eigenvalue weighted by Crippen LogP contribution is -2.56. The van der Waals surface area contributed by atoms with Crippen molar-refractivity contribution in [2.45, 2.75) is 77.8 Å². The number of methoxy groups -OCH3 is 1. The second-order valence-corrected chi connectivity index (χ2v) is 7.48. The maximum absolute atomic E-state index is 12.5. The van der Waals surface area contributed by atoms with Crippen molar-refractivity contribution in [3.63, 3.8) is 0 Å². The Hall–Kier alpha value is -1.51. The van der Waals surface area contributed by atoms with E-state index in [4.69, 9.17) is 4.74 Å². The number of carbonyl (C=O) groups is 1. The zero-order valence-electron chi connectivity index (χ0n) is 15.5. The molecular formula is C20H31NO2. The first-order valence-corrected chi connectivity index (χ1v) is 8.80. The molecule has 0 saturated heterocycles. The van der Waals surface area contributed by atoms with E-state index in [1.54, 1.807) is 0 Å². The van der Waals surface area contributed by atoms with Crippen LogP contribution >= 0.6 is 0 Å². The molecule has 128 valence electrons. The van der Waals surface area contributed by atoms with Gasteiger partial charge in [0.25, 0.3) is 0 Å². The van der Waals surface area contributed by atoms with Gasteiger partial charge >= 0.3 is 5.97 Å². The van der Waals surface area contributed by atoms with E-state index in [0.29, 0.717) is 5.92 Å². The molecule has 23 heavy (non-hydrogen) atoms. The van der Waals surface area contributed by atoms with Crippen molar-refractivity contribution in [2.24, 2.45) is 0 Å². The molecule has 1 aliphatic heterocycles. The molecular weight excluding hydrogens is 286 g/mol. The highest BCUT2D eigenvalue weighted by molar-refractivity contribution is 5.82. The zero-order valence-corrected chi connectivity index (χ0v) is 15.5. The van der Waals surface area contributed by atoms with E-state index in [1.165, 1.54) is 23.9 Å². The number of nitrogens with zero attached hydrogens (tertiary/aromatic N) is 1. The van der Waals surface area contributed by atoms with E-state index in [2.05, 4.69) is 57.7 Å². The predicted molar refractivity (Wildman–Crippen MR) is 96.1 cm³/mol. The lowest BCUT2D eigenvalue weighted by molar-refractivity contribution is -0.142. The summed E-state index contributed by atoms with van der Waals surface area (Å²) in [6, 6.07) is 6.28. The first-order chi connectivity index (χ1) is 10.8. The third kappa shape index (κ3) is 3.39. The fourth-order valence-electron chi connectivity index (χ4n) is 4.13. The van der Waals surface area contributed by atoms with Gasteiger partial charge in [-0.15, -0.1) is 0 Å². The Bertz CT molecular complexity index is 565. The molecule has 3 heteroatoms. The van der Waals surface area contributed by atoms with Crippen LogP contribution in [0, 0.1) is 6.92 Å². The number of aryl methyl sites for hydroxylation is 1. The number of hydrogen-bond donors (Lipinski definition) is 0. The molecule has 0 radical (unpaired) electrons. The van der Waals surface area contributed by atoms with Crippen molar-refractivity contribution in [3.8, 4) is 0 Å². The molecule has 0 amide bonds. The molecule has 0 saturated carbocycles. The van der Waals surface area contributed by atoms with Crippen LogP contribution in [-0.2, 0) is 9.53 Å². The van der Waals surface area contributed by atoms with Gasteiger partial charge in [-0.05, 0) is 50.7 Å². The van der Waals surface area contributed by atoms with Crippen LogP contribution in [0.4, 0.5) is 5.69 Å². The summed E-state index contributed by atoms with van der Waals surface area (Å²) >= 11 is 0. The van der Waals surface area contributed by atoms with Gasteiger partial charge in [-0.1, -0.05) is 44.9 Å². The number of para-hydroxylation sites is 1. The van der Waals surface area contributed by atoms with Crippen LogP contribution in [-0.4, -0.2) is 24.7 Å². The van der Waals surface area contributed by atoms with Crippen LogP contribution < -0.4 is 4.90 Å². The molecule has 1 aromatic rings. The maximum atomic E-state index is 12.5. The van der Waals surface area contributed by atoms with Gasteiger partial charge in [0.1, 0.15) is 6.04 Å². The lowest BCUT2D eigenvalue weighted by atomic mass is 9.77. The van der Waals surface area contributed by atoms with E-state index in [0.717, 1.165) is 25.7 Å². The first-order valence-electron chi connectivity index (χ1n) is 8.80. The number of rotatable bonds is 5. The molecule has 0 bridgehead atoms. The number of anilines is 1. The minimum atomic E-state index is -0.206. The van der Waals surface area contributed by atoms with E-state index >= 15 is 0 Å². The normalized spacial score (nSPS) is 20.8. The maximum Gasteiger partial charge on any atom is 0.328 e. The van der Waals surface area contributed by atoms with Crippen molar-refractivity contribution < 1.29 is 9.53 Å². The summed E-state index contributed by atoms with van der Waals surface area (Å²) in [4.78, 5) is 14.9.